The van der Waals surface area contributed by atoms with Gasteiger partial charge >= 0.3 is 0 Å². The van der Waals surface area contributed by atoms with E-state index in [2.05, 4.69) is 43.2 Å². The van der Waals surface area contributed by atoms with E-state index >= 15 is 0 Å². The Labute approximate surface area is 130 Å². The normalized spacial score (nSPS) is 12.6. The maximum Gasteiger partial charge on any atom is 0.118 e. The predicted octanol–water partition coefficient (Wildman–Crippen LogP) is 3.69. The molecule has 0 fully saturated rings. The van der Waals surface area contributed by atoms with Crippen LogP contribution in [0.5, 0.6) is 5.75 Å². The van der Waals surface area contributed by atoms with Gasteiger partial charge in [-0.25, -0.2) is 0 Å². The van der Waals surface area contributed by atoms with Gasteiger partial charge in [-0.05, 0) is 64.0 Å². The topological polar surface area (TPSA) is 24.5 Å². The van der Waals surface area contributed by atoms with Gasteiger partial charge < -0.3 is 15.0 Å². The van der Waals surface area contributed by atoms with Crippen molar-refractivity contribution in [2.45, 2.75) is 52.1 Å². The summed E-state index contributed by atoms with van der Waals surface area (Å²) in [7, 11) is 3.90. The highest BCUT2D eigenvalue weighted by molar-refractivity contribution is 5.26. The molecular weight excluding hydrogens is 260 g/mol. The molecule has 0 spiro atoms. The molecule has 3 heteroatoms. The van der Waals surface area contributed by atoms with E-state index in [1.807, 2.05) is 12.1 Å². The first kappa shape index (κ1) is 18.0. The highest BCUT2D eigenvalue weighted by Gasteiger charge is 2.03. The van der Waals surface area contributed by atoms with Crippen molar-refractivity contribution in [1.29, 1.82) is 0 Å². The van der Waals surface area contributed by atoms with Crippen molar-refractivity contribution in [3.8, 4) is 5.75 Å². The summed E-state index contributed by atoms with van der Waals surface area (Å²) in [4.78, 5) is 2.39. The van der Waals surface area contributed by atoms with E-state index in [4.69, 9.17) is 4.74 Å². The van der Waals surface area contributed by atoms with E-state index < -0.39 is 0 Å². The zero-order chi connectivity index (χ0) is 15.5. The molecule has 1 rings (SSSR count). The summed E-state index contributed by atoms with van der Waals surface area (Å²) in [5.74, 6) is 0.926. The molecule has 1 unspecified atom stereocenters. The minimum Gasteiger partial charge on any atom is -0.497 e. The Morgan fingerprint density at radius 2 is 1.90 bits per heavy atom. The van der Waals surface area contributed by atoms with Crippen LogP contribution < -0.4 is 10.1 Å². The summed E-state index contributed by atoms with van der Waals surface area (Å²) in [5, 5.41) is 3.55. The van der Waals surface area contributed by atoms with Crippen molar-refractivity contribution in [3.63, 3.8) is 0 Å². The Hall–Kier alpha value is -1.06. The molecule has 0 aliphatic carbocycles. The number of ether oxygens (including phenoxy) is 1. The van der Waals surface area contributed by atoms with Gasteiger partial charge in [-0.3, -0.25) is 0 Å². The number of unbranched alkanes of at least 4 members (excludes halogenated alkanes) is 1. The summed E-state index contributed by atoms with van der Waals surface area (Å²) in [6.07, 6.45) is 5.06. The molecule has 0 aliphatic heterocycles. The van der Waals surface area contributed by atoms with Crippen molar-refractivity contribution < 1.29 is 4.74 Å². The van der Waals surface area contributed by atoms with Gasteiger partial charge in [0.2, 0.25) is 0 Å². The summed E-state index contributed by atoms with van der Waals surface area (Å²) in [5.41, 5.74) is 1.34. The largest absolute Gasteiger partial charge is 0.497 e. The number of benzene rings is 1. The lowest BCUT2D eigenvalue weighted by Crippen LogP contribution is -2.27. The molecule has 3 nitrogen and oxygen atoms in total. The van der Waals surface area contributed by atoms with Gasteiger partial charge in [0.1, 0.15) is 5.75 Å². The van der Waals surface area contributed by atoms with Gasteiger partial charge in [-0.2, -0.15) is 0 Å². The van der Waals surface area contributed by atoms with Gasteiger partial charge in [-0.15, -0.1) is 0 Å². The summed E-state index contributed by atoms with van der Waals surface area (Å²) in [6, 6.07) is 9.00. The van der Waals surface area contributed by atoms with Crippen LogP contribution in [0.3, 0.4) is 0 Å². The number of methoxy groups -OCH3 is 1. The molecule has 0 saturated heterocycles. The highest BCUT2D eigenvalue weighted by Crippen LogP contribution is 2.13. The van der Waals surface area contributed by atoms with Gasteiger partial charge in [0.05, 0.1) is 7.11 Å². The summed E-state index contributed by atoms with van der Waals surface area (Å²) < 4.78 is 5.18. The van der Waals surface area contributed by atoms with Gasteiger partial charge in [0, 0.05) is 12.6 Å². The zero-order valence-corrected chi connectivity index (χ0v) is 14.2. The molecule has 1 aromatic carbocycles. The van der Waals surface area contributed by atoms with Crippen LogP contribution in [0.4, 0.5) is 0 Å². The van der Waals surface area contributed by atoms with Crippen LogP contribution in [-0.4, -0.2) is 38.2 Å². The first-order valence-corrected chi connectivity index (χ1v) is 8.20. The smallest absolute Gasteiger partial charge is 0.118 e. The Morgan fingerprint density at radius 3 is 2.52 bits per heavy atom. The lowest BCUT2D eigenvalue weighted by atomic mass is 10.1. The number of nitrogens with one attached hydrogen (secondary N) is 1. The van der Waals surface area contributed by atoms with Crippen LogP contribution in [0.15, 0.2) is 24.3 Å². The maximum absolute atomic E-state index is 5.18. The van der Waals surface area contributed by atoms with E-state index in [-0.39, 0.29) is 0 Å². The molecular formula is C18H32N2O. The van der Waals surface area contributed by atoms with Crippen molar-refractivity contribution in [2.75, 3.05) is 27.2 Å². The first-order valence-electron chi connectivity index (χ1n) is 8.20. The first-order chi connectivity index (χ1) is 10.2. The molecule has 0 amide bonds. The van der Waals surface area contributed by atoms with Gasteiger partial charge in [-0.1, -0.05) is 25.5 Å². The summed E-state index contributed by atoms with van der Waals surface area (Å²) in [6.45, 7) is 7.81. The van der Waals surface area contributed by atoms with E-state index in [0.717, 1.165) is 25.4 Å². The van der Waals surface area contributed by atoms with Crippen molar-refractivity contribution in [3.05, 3.63) is 29.8 Å². The number of nitrogens with zero attached hydrogens (tertiary/aromatic N) is 1. The quantitative estimate of drug-likeness (QED) is 0.630. The van der Waals surface area contributed by atoms with Crippen LogP contribution in [-0.2, 0) is 6.54 Å². The monoisotopic (exact) mass is 292 g/mol. The minimum atomic E-state index is 0.650. The third-order valence-corrected chi connectivity index (χ3v) is 3.78. The van der Waals surface area contributed by atoms with E-state index in [1.165, 1.54) is 31.2 Å². The number of hydrogen-bond donors (Lipinski definition) is 1. The lowest BCUT2D eigenvalue weighted by Gasteiger charge is -2.18. The average Bonchev–Trinajstić information content (AvgIpc) is 2.50. The van der Waals surface area contributed by atoms with Crippen molar-refractivity contribution >= 4 is 0 Å². The molecule has 0 saturated carbocycles. The third-order valence-electron chi connectivity index (χ3n) is 3.78. The van der Waals surface area contributed by atoms with Crippen LogP contribution >= 0.6 is 0 Å². The van der Waals surface area contributed by atoms with Crippen LogP contribution in [0.25, 0.3) is 0 Å². The van der Waals surface area contributed by atoms with E-state index in [0.29, 0.717) is 6.04 Å². The Morgan fingerprint density at radius 1 is 1.19 bits per heavy atom. The Kier molecular flexibility index (Phi) is 9.11. The molecule has 21 heavy (non-hydrogen) atoms. The molecule has 120 valence electrons. The molecule has 0 heterocycles. The molecule has 1 atom stereocenters. The second kappa shape index (κ2) is 10.6. The second-order valence-electron chi connectivity index (χ2n) is 5.94. The molecule has 0 aliphatic rings. The molecule has 1 N–H and O–H groups in total. The summed E-state index contributed by atoms with van der Waals surface area (Å²) >= 11 is 0. The zero-order valence-electron chi connectivity index (χ0n) is 14.2. The van der Waals surface area contributed by atoms with E-state index in [1.54, 1.807) is 7.11 Å². The van der Waals surface area contributed by atoms with Gasteiger partial charge in [0.25, 0.3) is 0 Å². The second-order valence-corrected chi connectivity index (χ2v) is 5.94. The van der Waals surface area contributed by atoms with Crippen molar-refractivity contribution in [2.24, 2.45) is 0 Å². The van der Waals surface area contributed by atoms with Crippen LogP contribution in [0.1, 0.15) is 45.1 Å². The Balaban J connectivity index is 2.14. The highest BCUT2D eigenvalue weighted by atomic mass is 16.5. The predicted molar refractivity (Wildman–Crippen MR) is 90.9 cm³/mol. The SMILES string of the molecule is CCCNC(C)CCCCN(C)Cc1ccc(OC)cc1. The molecule has 0 radical (unpaired) electrons. The average molecular weight is 292 g/mol. The molecule has 0 bridgehead atoms. The molecule has 0 aromatic heterocycles. The third kappa shape index (κ3) is 8.08. The van der Waals surface area contributed by atoms with Crippen LogP contribution in [0.2, 0.25) is 0 Å². The van der Waals surface area contributed by atoms with Gasteiger partial charge in [0.15, 0.2) is 0 Å². The molecule has 1 aromatic rings. The van der Waals surface area contributed by atoms with E-state index in [9.17, 15) is 0 Å². The van der Waals surface area contributed by atoms with Crippen molar-refractivity contribution in [1.82, 2.24) is 10.2 Å². The maximum atomic E-state index is 5.18. The fourth-order valence-corrected chi connectivity index (χ4v) is 2.45. The fourth-order valence-electron chi connectivity index (χ4n) is 2.45. The number of rotatable bonds is 11. The Bertz CT molecular complexity index is 364. The number of hydrogen-bond acceptors (Lipinski definition) is 3. The van der Waals surface area contributed by atoms with Crippen LogP contribution in [0, 0.1) is 0 Å². The standard InChI is InChI=1S/C18H32N2O/c1-5-13-19-16(2)8-6-7-14-20(3)15-17-9-11-18(21-4)12-10-17/h9-12,16,19H,5-8,13-15H2,1-4H3. The minimum absolute atomic E-state index is 0.650. The lowest BCUT2D eigenvalue weighted by molar-refractivity contribution is 0.313. The fraction of sp³-hybridized carbons (Fsp3) is 0.667.